The first-order valence-electron chi connectivity index (χ1n) is 7.48. The highest BCUT2D eigenvalue weighted by atomic mass is 16.5. The molecule has 118 valence electrons. The van der Waals surface area contributed by atoms with Gasteiger partial charge in [0, 0.05) is 13.0 Å². The van der Waals surface area contributed by atoms with Gasteiger partial charge in [0.2, 0.25) is 5.91 Å². The highest BCUT2D eigenvalue weighted by Gasteiger charge is 2.06. The lowest BCUT2D eigenvalue weighted by atomic mass is 10.2. The monoisotopic (exact) mass is 294 g/mol. The van der Waals surface area contributed by atoms with Gasteiger partial charge in [-0.2, -0.15) is 0 Å². The molecule has 0 spiro atoms. The molecule has 0 bridgehead atoms. The average molecular weight is 294 g/mol. The molecule has 1 amide bonds. The van der Waals surface area contributed by atoms with E-state index in [4.69, 9.17) is 15.2 Å². The number of carbonyl (C=O) groups is 1. The van der Waals surface area contributed by atoms with Gasteiger partial charge in [-0.3, -0.25) is 4.79 Å². The summed E-state index contributed by atoms with van der Waals surface area (Å²) in [6.45, 7) is 6.24. The van der Waals surface area contributed by atoms with E-state index in [0.717, 1.165) is 11.5 Å². The second kappa shape index (κ2) is 10.0. The first-order valence-corrected chi connectivity index (χ1v) is 7.48. The van der Waals surface area contributed by atoms with Gasteiger partial charge in [-0.15, -0.1) is 0 Å². The van der Waals surface area contributed by atoms with Gasteiger partial charge in [-0.1, -0.05) is 19.1 Å². The van der Waals surface area contributed by atoms with E-state index in [2.05, 4.69) is 5.32 Å². The molecule has 1 unspecified atom stereocenters. The Kier molecular flexibility index (Phi) is 8.28. The van der Waals surface area contributed by atoms with Gasteiger partial charge in [-0.25, -0.2) is 0 Å². The minimum atomic E-state index is 0.0389. The van der Waals surface area contributed by atoms with Crippen molar-refractivity contribution in [2.45, 2.75) is 26.7 Å². The lowest BCUT2D eigenvalue weighted by Gasteiger charge is -2.12. The first kappa shape index (κ1) is 17.3. The van der Waals surface area contributed by atoms with Gasteiger partial charge < -0.3 is 20.5 Å². The Morgan fingerprint density at radius 2 is 1.95 bits per heavy atom. The highest BCUT2D eigenvalue weighted by molar-refractivity contribution is 5.75. The summed E-state index contributed by atoms with van der Waals surface area (Å²) in [5.41, 5.74) is 5.50. The molecule has 0 aliphatic heterocycles. The number of rotatable bonds is 10. The molecule has 0 radical (unpaired) electrons. The number of nitrogens with one attached hydrogen (secondary N) is 1. The molecular formula is C16H26N2O3. The van der Waals surface area contributed by atoms with Crippen LogP contribution in [0.3, 0.4) is 0 Å². The summed E-state index contributed by atoms with van der Waals surface area (Å²) < 4.78 is 11.1. The van der Waals surface area contributed by atoms with Crippen molar-refractivity contribution in [2.75, 3.05) is 26.3 Å². The SMILES string of the molecule is CCOc1ccccc1OCCCC(=O)NCC(C)CN. The van der Waals surface area contributed by atoms with Crippen molar-refractivity contribution in [3.63, 3.8) is 0 Å². The first-order chi connectivity index (χ1) is 10.2. The lowest BCUT2D eigenvalue weighted by molar-refractivity contribution is -0.121. The third kappa shape index (κ3) is 6.99. The molecule has 5 nitrogen and oxygen atoms in total. The number of amides is 1. The van der Waals surface area contributed by atoms with Crippen molar-refractivity contribution < 1.29 is 14.3 Å². The van der Waals surface area contributed by atoms with Crippen LogP contribution in [0.4, 0.5) is 0 Å². The third-order valence-electron chi connectivity index (χ3n) is 3.00. The second-order valence-electron chi connectivity index (χ2n) is 4.98. The maximum atomic E-state index is 11.6. The minimum absolute atomic E-state index is 0.0389. The predicted octanol–water partition coefficient (Wildman–Crippen LogP) is 1.96. The normalized spacial score (nSPS) is 11.8. The van der Waals surface area contributed by atoms with E-state index >= 15 is 0 Å². The van der Waals surface area contributed by atoms with E-state index in [9.17, 15) is 4.79 Å². The Bertz CT molecular complexity index is 424. The molecule has 1 atom stereocenters. The third-order valence-corrected chi connectivity index (χ3v) is 3.00. The molecule has 1 rings (SSSR count). The minimum Gasteiger partial charge on any atom is -0.490 e. The van der Waals surface area contributed by atoms with E-state index in [0.29, 0.717) is 45.1 Å². The van der Waals surface area contributed by atoms with Crippen LogP contribution in [0.25, 0.3) is 0 Å². The van der Waals surface area contributed by atoms with E-state index in [1.165, 1.54) is 0 Å². The molecule has 0 aliphatic rings. The molecule has 5 heteroatoms. The fraction of sp³-hybridized carbons (Fsp3) is 0.562. The fourth-order valence-electron chi connectivity index (χ4n) is 1.72. The van der Waals surface area contributed by atoms with Crippen LogP contribution in [0.2, 0.25) is 0 Å². The van der Waals surface area contributed by atoms with Crippen molar-refractivity contribution in [3.8, 4) is 11.5 Å². The van der Waals surface area contributed by atoms with Gasteiger partial charge in [-0.05, 0) is 37.9 Å². The smallest absolute Gasteiger partial charge is 0.220 e. The van der Waals surface area contributed by atoms with Crippen LogP contribution in [-0.2, 0) is 4.79 Å². The summed E-state index contributed by atoms with van der Waals surface area (Å²) in [7, 11) is 0. The molecule has 0 saturated carbocycles. The van der Waals surface area contributed by atoms with Crippen molar-refractivity contribution in [2.24, 2.45) is 11.7 Å². The Morgan fingerprint density at radius 3 is 2.57 bits per heavy atom. The van der Waals surface area contributed by atoms with Crippen LogP contribution in [-0.4, -0.2) is 32.2 Å². The maximum Gasteiger partial charge on any atom is 0.220 e. The molecule has 0 aromatic heterocycles. The molecule has 0 saturated heterocycles. The predicted molar refractivity (Wildman–Crippen MR) is 83.6 cm³/mol. The molecule has 21 heavy (non-hydrogen) atoms. The van der Waals surface area contributed by atoms with Crippen LogP contribution in [0.1, 0.15) is 26.7 Å². The summed E-state index contributed by atoms with van der Waals surface area (Å²) in [4.78, 5) is 11.6. The number of para-hydroxylation sites is 2. The van der Waals surface area contributed by atoms with Crippen LogP contribution in [0.5, 0.6) is 11.5 Å². The van der Waals surface area contributed by atoms with Crippen molar-refractivity contribution >= 4 is 5.91 Å². The summed E-state index contributed by atoms with van der Waals surface area (Å²) in [5.74, 6) is 1.80. The van der Waals surface area contributed by atoms with E-state index in [1.807, 2.05) is 38.1 Å². The Balaban J connectivity index is 2.23. The van der Waals surface area contributed by atoms with Gasteiger partial charge in [0.25, 0.3) is 0 Å². The molecule has 0 fully saturated rings. The molecule has 1 aromatic carbocycles. The van der Waals surface area contributed by atoms with Crippen LogP contribution >= 0.6 is 0 Å². The topological polar surface area (TPSA) is 73.6 Å². The fourth-order valence-corrected chi connectivity index (χ4v) is 1.72. The number of hydrogen-bond acceptors (Lipinski definition) is 4. The highest BCUT2D eigenvalue weighted by Crippen LogP contribution is 2.26. The molecule has 3 N–H and O–H groups in total. The Morgan fingerprint density at radius 1 is 1.29 bits per heavy atom. The van der Waals surface area contributed by atoms with E-state index in [1.54, 1.807) is 0 Å². The van der Waals surface area contributed by atoms with Crippen LogP contribution in [0.15, 0.2) is 24.3 Å². The van der Waals surface area contributed by atoms with Crippen molar-refractivity contribution in [3.05, 3.63) is 24.3 Å². The van der Waals surface area contributed by atoms with E-state index in [-0.39, 0.29) is 5.91 Å². The average Bonchev–Trinajstić information content (AvgIpc) is 2.50. The lowest BCUT2D eigenvalue weighted by Crippen LogP contribution is -2.31. The largest absolute Gasteiger partial charge is 0.490 e. The van der Waals surface area contributed by atoms with Gasteiger partial charge in [0.1, 0.15) is 0 Å². The van der Waals surface area contributed by atoms with Crippen LogP contribution in [0, 0.1) is 5.92 Å². The van der Waals surface area contributed by atoms with Crippen molar-refractivity contribution in [1.29, 1.82) is 0 Å². The number of carbonyl (C=O) groups excluding carboxylic acids is 1. The summed E-state index contributed by atoms with van der Waals surface area (Å²) in [6.07, 6.45) is 1.12. The van der Waals surface area contributed by atoms with Gasteiger partial charge >= 0.3 is 0 Å². The van der Waals surface area contributed by atoms with Crippen LogP contribution < -0.4 is 20.5 Å². The number of benzene rings is 1. The molecule has 0 aliphatic carbocycles. The molecule has 0 heterocycles. The summed E-state index contributed by atoms with van der Waals surface area (Å²) in [5, 5.41) is 2.86. The van der Waals surface area contributed by atoms with Gasteiger partial charge in [0.15, 0.2) is 11.5 Å². The summed E-state index contributed by atoms with van der Waals surface area (Å²) in [6, 6.07) is 7.55. The zero-order valence-corrected chi connectivity index (χ0v) is 12.9. The number of nitrogens with two attached hydrogens (primary N) is 1. The van der Waals surface area contributed by atoms with Gasteiger partial charge in [0.05, 0.1) is 13.2 Å². The number of ether oxygens (including phenoxy) is 2. The molecule has 1 aromatic rings. The summed E-state index contributed by atoms with van der Waals surface area (Å²) >= 11 is 0. The van der Waals surface area contributed by atoms with E-state index < -0.39 is 0 Å². The second-order valence-corrected chi connectivity index (χ2v) is 4.98. The zero-order valence-electron chi connectivity index (χ0n) is 12.9. The van der Waals surface area contributed by atoms with Crippen molar-refractivity contribution in [1.82, 2.24) is 5.32 Å². The standard InChI is InChI=1S/C16H26N2O3/c1-3-20-14-7-4-5-8-15(14)21-10-6-9-16(19)18-12-13(2)11-17/h4-5,7-8,13H,3,6,9-12,17H2,1-2H3,(H,18,19). The Hall–Kier alpha value is -1.75. The quantitative estimate of drug-likeness (QED) is 0.647. The number of hydrogen-bond donors (Lipinski definition) is 2. The zero-order chi connectivity index (χ0) is 15.5. The maximum absolute atomic E-state index is 11.6. The molecular weight excluding hydrogens is 268 g/mol. The Labute approximate surface area is 126 Å².